The smallest absolute Gasteiger partial charge is 0.746 e. The topological polar surface area (TPSA) is 95.2 Å². The number of hydrogen-bond donors (Lipinski definition) is 1. The summed E-state index contributed by atoms with van der Waals surface area (Å²) >= 11 is 0. The van der Waals surface area contributed by atoms with E-state index in [1.54, 1.807) is 0 Å². The minimum atomic E-state index is -4.72. The Hall–Kier alpha value is 0.0800. The van der Waals surface area contributed by atoms with Crippen molar-refractivity contribution < 1.29 is 47.6 Å². The van der Waals surface area contributed by atoms with Crippen LogP contribution < -0.4 is 29.6 Å². The van der Waals surface area contributed by atoms with E-state index in [1.165, 1.54) is 17.1 Å². The van der Waals surface area contributed by atoms with Crippen LogP contribution in [0.5, 0.6) is 0 Å². The Morgan fingerprint density at radius 3 is 2.73 bits per heavy atom. The fourth-order valence-electron chi connectivity index (χ4n) is 1.11. The van der Waals surface area contributed by atoms with Gasteiger partial charge in [-0.15, -0.1) is 0 Å². The minimum Gasteiger partial charge on any atom is -0.746 e. The monoisotopic (exact) mass is 242 g/mol. The molecule has 8 heteroatoms. The summed E-state index contributed by atoms with van der Waals surface area (Å²) in [4.78, 5) is 3.67. The molecule has 1 aromatic heterocycles. The SMILES string of the molecule is CCCn1cncc1C(O)S(=O)(=O)[O-].[Na+]. The third-order valence-corrected chi connectivity index (χ3v) is 2.52. The molecule has 0 aliphatic heterocycles. The predicted octanol–water partition coefficient (Wildman–Crippen LogP) is -3.17. The van der Waals surface area contributed by atoms with Crippen molar-refractivity contribution >= 4 is 10.1 Å². The molecule has 1 rings (SSSR count). The van der Waals surface area contributed by atoms with Crippen molar-refractivity contribution in [1.29, 1.82) is 0 Å². The number of nitrogens with zero attached hydrogens (tertiary/aromatic N) is 2. The van der Waals surface area contributed by atoms with Crippen LogP contribution in [0.1, 0.15) is 24.5 Å². The summed E-state index contributed by atoms with van der Waals surface area (Å²) in [7, 11) is -4.72. The molecule has 80 valence electrons. The summed E-state index contributed by atoms with van der Waals surface area (Å²) in [5, 5.41) is 9.19. The fraction of sp³-hybridized carbons (Fsp3) is 0.571. The average Bonchev–Trinajstić information content (AvgIpc) is 2.50. The van der Waals surface area contributed by atoms with Crippen molar-refractivity contribution in [2.24, 2.45) is 0 Å². The Bertz CT molecular complexity index is 403. The van der Waals surface area contributed by atoms with E-state index in [-0.39, 0.29) is 35.3 Å². The third kappa shape index (κ3) is 3.86. The number of imidazole rings is 1. The van der Waals surface area contributed by atoms with Gasteiger partial charge < -0.3 is 14.2 Å². The van der Waals surface area contributed by atoms with Gasteiger partial charge in [-0.1, -0.05) is 6.92 Å². The second-order valence-electron chi connectivity index (χ2n) is 2.86. The molecule has 0 aromatic carbocycles. The molecule has 0 spiro atoms. The Balaban J connectivity index is 0.00000196. The molecule has 1 atom stereocenters. The molecular formula is C7H11N2NaO4S. The summed E-state index contributed by atoms with van der Waals surface area (Å²) in [5.74, 6) is 0. The molecule has 0 aliphatic rings. The third-order valence-electron chi connectivity index (χ3n) is 1.74. The molecule has 15 heavy (non-hydrogen) atoms. The zero-order chi connectivity index (χ0) is 10.8. The molecule has 0 aliphatic carbocycles. The molecule has 1 heterocycles. The maximum atomic E-state index is 10.5. The Morgan fingerprint density at radius 2 is 2.27 bits per heavy atom. The van der Waals surface area contributed by atoms with Gasteiger partial charge in [0.05, 0.1) is 18.2 Å². The van der Waals surface area contributed by atoms with Crippen LogP contribution in [0.15, 0.2) is 12.5 Å². The van der Waals surface area contributed by atoms with Gasteiger partial charge in [-0.3, -0.25) is 0 Å². The van der Waals surface area contributed by atoms with Crippen molar-refractivity contribution in [3.8, 4) is 0 Å². The van der Waals surface area contributed by atoms with E-state index in [4.69, 9.17) is 0 Å². The maximum Gasteiger partial charge on any atom is 1.00 e. The number of aliphatic hydroxyl groups is 1. The number of aromatic nitrogens is 2. The van der Waals surface area contributed by atoms with Gasteiger partial charge >= 0.3 is 29.6 Å². The quantitative estimate of drug-likeness (QED) is 0.444. The van der Waals surface area contributed by atoms with Gasteiger partial charge in [0.15, 0.2) is 5.44 Å². The minimum absolute atomic E-state index is 0. The van der Waals surface area contributed by atoms with Gasteiger partial charge in [-0.05, 0) is 6.42 Å². The van der Waals surface area contributed by atoms with Gasteiger partial charge in [-0.25, -0.2) is 13.4 Å². The summed E-state index contributed by atoms with van der Waals surface area (Å²) in [6.45, 7) is 2.41. The van der Waals surface area contributed by atoms with Crippen molar-refractivity contribution in [1.82, 2.24) is 9.55 Å². The molecule has 0 saturated heterocycles. The van der Waals surface area contributed by atoms with Crippen molar-refractivity contribution in [2.45, 2.75) is 25.3 Å². The number of hydrogen-bond acceptors (Lipinski definition) is 5. The van der Waals surface area contributed by atoms with E-state index in [0.29, 0.717) is 6.54 Å². The van der Waals surface area contributed by atoms with Crippen molar-refractivity contribution in [3.63, 3.8) is 0 Å². The van der Waals surface area contributed by atoms with Crippen LogP contribution in [0.25, 0.3) is 0 Å². The van der Waals surface area contributed by atoms with E-state index in [0.717, 1.165) is 6.42 Å². The number of aliphatic hydroxyl groups excluding tert-OH is 1. The maximum absolute atomic E-state index is 10.5. The van der Waals surface area contributed by atoms with Crippen molar-refractivity contribution in [3.05, 3.63) is 18.2 Å². The molecule has 0 saturated carbocycles. The Morgan fingerprint density at radius 1 is 1.67 bits per heavy atom. The van der Waals surface area contributed by atoms with E-state index in [2.05, 4.69) is 4.98 Å². The molecule has 1 N–H and O–H groups in total. The number of rotatable bonds is 4. The van der Waals surface area contributed by atoms with Crippen molar-refractivity contribution in [2.75, 3.05) is 0 Å². The Kier molecular flexibility index (Phi) is 6.01. The summed E-state index contributed by atoms with van der Waals surface area (Å²) in [6.07, 6.45) is 3.32. The van der Waals surface area contributed by atoms with Crippen LogP contribution in [0.2, 0.25) is 0 Å². The van der Waals surface area contributed by atoms with Crippen LogP contribution in [0.4, 0.5) is 0 Å². The number of aryl methyl sites for hydroxylation is 1. The van der Waals surface area contributed by atoms with Crippen LogP contribution >= 0.6 is 0 Å². The Labute approximate surface area is 110 Å². The normalized spacial score (nSPS) is 13.3. The largest absolute Gasteiger partial charge is 1.00 e. The first-order valence-electron chi connectivity index (χ1n) is 4.09. The molecule has 0 amide bonds. The molecule has 0 fully saturated rings. The second-order valence-corrected chi connectivity index (χ2v) is 4.29. The van der Waals surface area contributed by atoms with E-state index in [9.17, 15) is 18.1 Å². The van der Waals surface area contributed by atoms with Gasteiger partial charge in [-0.2, -0.15) is 0 Å². The van der Waals surface area contributed by atoms with Gasteiger partial charge in [0.25, 0.3) is 0 Å². The second kappa shape index (κ2) is 5.97. The van der Waals surface area contributed by atoms with Crippen LogP contribution in [0.3, 0.4) is 0 Å². The first kappa shape index (κ1) is 15.1. The molecule has 1 aromatic rings. The zero-order valence-corrected chi connectivity index (χ0v) is 11.4. The fourth-order valence-corrected chi connectivity index (χ4v) is 1.60. The molecule has 6 nitrogen and oxygen atoms in total. The first-order valence-corrected chi connectivity index (χ1v) is 5.56. The molecular weight excluding hydrogens is 231 g/mol. The van der Waals surface area contributed by atoms with Gasteiger partial charge in [0, 0.05) is 6.54 Å². The summed E-state index contributed by atoms with van der Waals surface area (Å²) in [5.41, 5.74) is -2.02. The van der Waals surface area contributed by atoms with Gasteiger partial charge in [0.2, 0.25) is 0 Å². The summed E-state index contributed by atoms with van der Waals surface area (Å²) < 4.78 is 33.1. The first-order chi connectivity index (χ1) is 6.46. The van der Waals surface area contributed by atoms with Gasteiger partial charge in [0.1, 0.15) is 10.1 Å². The van der Waals surface area contributed by atoms with E-state index >= 15 is 0 Å². The zero-order valence-electron chi connectivity index (χ0n) is 8.62. The summed E-state index contributed by atoms with van der Waals surface area (Å²) in [6, 6.07) is 0. The van der Waals surface area contributed by atoms with Crippen LogP contribution in [-0.4, -0.2) is 27.6 Å². The van der Waals surface area contributed by atoms with Crippen LogP contribution in [0, 0.1) is 0 Å². The van der Waals surface area contributed by atoms with E-state index < -0.39 is 15.6 Å². The van der Waals surface area contributed by atoms with Crippen LogP contribution in [-0.2, 0) is 16.7 Å². The molecule has 0 radical (unpaired) electrons. The molecule has 1 unspecified atom stereocenters. The van der Waals surface area contributed by atoms with E-state index in [1.807, 2.05) is 6.92 Å². The average molecular weight is 242 g/mol. The molecule has 0 bridgehead atoms. The predicted molar refractivity (Wildman–Crippen MR) is 47.2 cm³/mol. The standard InChI is InChI=1S/C7H12N2O4S.Na/c1-2-3-9-5-8-4-6(9)7(10)14(11,12)13;/h4-5,7,10H,2-3H2,1H3,(H,11,12,13);/q;+1/p-1.